The van der Waals surface area contributed by atoms with Crippen molar-refractivity contribution in [2.45, 2.75) is 25.5 Å². The summed E-state index contributed by atoms with van der Waals surface area (Å²) >= 11 is 0. The quantitative estimate of drug-likeness (QED) is 0.917. The van der Waals surface area contributed by atoms with Crippen LogP contribution in [-0.2, 0) is 11.3 Å². The van der Waals surface area contributed by atoms with Crippen molar-refractivity contribution in [2.24, 2.45) is 11.7 Å². The highest BCUT2D eigenvalue weighted by atomic mass is 19.1. The Labute approximate surface area is 147 Å². The summed E-state index contributed by atoms with van der Waals surface area (Å²) in [5.74, 6) is -0.102. The first-order valence-corrected chi connectivity index (χ1v) is 8.61. The smallest absolute Gasteiger partial charge is 0.410 e. The van der Waals surface area contributed by atoms with Crippen LogP contribution in [0.2, 0.25) is 0 Å². The standard InChI is InChI=1S/C20H23FN2O2/c21-18-9-5-4-8-17(18)19(22)16-10-12-23(13-11-16)20(24)25-14-15-6-2-1-3-7-15/h1-9,16,19H,10-14,22H2/t19-/m0/s1. The molecule has 1 aliphatic heterocycles. The van der Waals surface area contributed by atoms with Crippen molar-refractivity contribution in [2.75, 3.05) is 13.1 Å². The zero-order valence-corrected chi connectivity index (χ0v) is 14.1. The fourth-order valence-corrected chi connectivity index (χ4v) is 3.25. The van der Waals surface area contributed by atoms with Crippen molar-refractivity contribution in [3.05, 3.63) is 71.5 Å². The van der Waals surface area contributed by atoms with Gasteiger partial charge < -0.3 is 15.4 Å². The van der Waals surface area contributed by atoms with Gasteiger partial charge in [-0.1, -0.05) is 48.5 Å². The molecule has 0 aromatic heterocycles. The summed E-state index contributed by atoms with van der Waals surface area (Å²) in [5.41, 5.74) is 7.77. The average Bonchev–Trinajstić information content (AvgIpc) is 2.67. The Morgan fingerprint density at radius 1 is 1.12 bits per heavy atom. The second kappa shape index (κ2) is 8.12. The van der Waals surface area contributed by atoms with Crippen LogP contribution in [0.4, 0.5) is 9.18 Å². The number of nitrogens with two attached hydrogens (primary N) is 1. The van der Waals surface area contributed by atoms with Crippen molar-refractivity contribution in [1.29, 1.82) is 0 Å². The number of carbonyl (C=O) groups is 1. The maximum Gasteiger partial charge on any atom is 0.410 e. The average molecular weight is 342 g/mol. The van der Waals surface area contributed by atoms with E-state index in [1.807, 2.05) is 30.3 Å². The molecule has 0 unspecified atom stereocenters. The van der Waals surface area contributed by atoms with Gasteiger partial charge in [-0.25, -0.2) is 9.18 Å². The van der Waals surface area contributed by atoms with E-state index in [2.05, 4.69) is 0 Å². The van der Waals surface area contributed by atoms with Crippen molar-refractivity contribution >= 4 is 6.09 Å². The maximum atomic E-state index is 13.9. The van der Waals surface area contributed by atoms with Crippen molar-refractivity contribution in [1.82, 2.24) is 4.90 Å². The van der Waals surface area contributed by atoms with Gasteiger partial charge >= 0.3 is 6.09 Å². The number of likely N-dealkylation sites (tertiary alicyclic amines) is 1. The molecule has 0 spiro atoms. The number of rotatable bonds is 4. The number of carbonyl (C=O) groups excluding carboxylic acids is 1. The number of hydrogen-bond acceptors (Lipinski definition) is 3. The molecule has 1 saturated heterocycles. The van der Waals surface area contributed by atoms with Crippen LogP contribution in [-0.4, -0.2) is 24.1 Å². The highest BCUT2D eigenvalue weighted by Gasteiger charge is 2.29. The maximum absolute atomic E-state index is 13.9. The summed E-state index contributed by atoms with van der Waals surface area (Å²) in [4.78, 5) is 13.9. The van der Waals surface area contributed by atoms with Gasteiger partial charge in [0.1, 0.15) is 12.4 Å². The van der Waals surface area contributed by atoms with Crippen LogP contribution in [0.25, 0.3) is 0 Å². The third kappa shape index (κ3) is 4.37. The zero-order valence-electron chi connectivity index (χ0n) is 14.1. The molecule has 0 radical (unpaired) electrons. The SMILES string of the molecule is N[C@H](c1ccccc1F)C1CCN(C(=O)OCc2ccccc2)CC1. The van der Waals surface area contributed by atoms with Gasteiger partial charge in [0.2, 0.25) is 0 Å². The van der Waals surface area contributed by atoms with Gasteiger partial charge in [-0.3, -0.25) is 0 Å². The predicted octanol–water partition coefficient (Wildman–Crippen LogP) is 3.87. The predicted molar refractivity (Wildman–Crippen MR) is 94.3 cm³/mol. The molecule has 1 fully saturated rings. The molecule has 2 aromatic carbocycles. The summed E-state index contributed by atoms with van der Waals surface area (Å²) in [7, 11) is 0. The molecule has 2 aromatic rings. The Balaban J connectivity index is 1.50. The third-order valence-corrected chi connectivity index (χ3v) is 4.78. The molecule has 0 saturated carbocycles. The summed E-state index contributed by atoms with van der Waals surface area (Å²) in [5, 5.41) is 0. The minimum absolute atomic E-state index is 0.162. The van der Waals surface area contributed by atoms with E-state index in [0.29, 0.717) is 18.7 Å². The number of nitrogens with zero attached hydrogens (tertiary/aromatic N) is 1. The molecule has 25 heavy (non-hydrogen) atoms. The van der Waals surface area contributed by atoms with E-state index in [4.69, 9.17) is 10.5 Å². The topological polar surface area (TPSA) is 55.6 Å². The monoisotopic (exact) mass is 342 g/mol. The van der Waals surface area contributed by atoms with Crippen LogP contribution in [0.5, 0.6) is 0 Å². The van der Waals surface area contributed by atoms with Crippen LogP contribution in [0.1, 0.15) is 30.0 Å². The second-order valence-electron chi connectivity index (χ2n) is 6.41. The highest BCUT2D eigenvalue weighted by molar-refractivity contribution is 5.67. The van der Waals surface area contributed by atoms with E-state index in [1.165, 1.54) is 6.07 Å². The first-order chi connectivity index (χ1) is 12.1. The summed E-state index contributed by atoms with van der Waals surface area (Å²) in [6, 6.07) is 15.9. The normalized spacial score (nSPS) is 16.5. The van der Waals surface area contributed by atoms with Gasteiger partial charge in [0, 0.05) is 24.7 Å². The number of halogens is 1. The molecule has 2 N–H and O–H groups in total. The molecule has 132 valence electrons. The van der Waals surface area contributed by atoms with E-state index in [9.17, 15) is 9.18 Å². The lowest BCUT2D eigenvalue weighted by Gasteiger charge is -2.34. The lowest BCUT2D eigenvalue weighted by Crippen LogP contribution is -2.41. The molecule has 5 heteroatoms. The van der Waals surface area contributed by atoms with Crippen molar-refractivity contribution in [3.63, 3.8) is 0 Å². The van der Waals surface area contributed by atoms with Gasteiger partial charge in [-0.2, -0.15) is 0 Å². The van der Waals surface area contributed by atoms with Crippen molar-refractivity contribution < 1.29 is 13.9 Å². The molecule has 1 heterocycles. The molecule has 4 nitrogen and oxygen atoms in total. The lowest BCUT2D eigenvalue weighted by molar-refractivity contribution is 0.0796. The van der Waals surface area contributed by atoms with Gasteiger partial charge in [0.15, 0.2) is 0 Å². The van der Waals surface area contributed by atoms with Crippen LogP contribution >= 0.6 is 0 Å². The Hall–Kier alpha value is -2.40. The van der Waals surface area contributed by atoms with E-state index in [1.54, 1.807) is 23.1 Å². The van der Waals surface area contributed by atoms with E-state index in [0.717, 1.165) is 18.4 Å². The molecule has 1 amide bonds. The number of hydrogen-bond donors (Lipinski definition) is 1. The van der Waals surface area contributed by atoms with Crippen molar-refractivity contribution in [3.8, 4) is 0 Å². The Kier molecular flexibility index (Phi) is 5.66. The minimum atomic E-state index is -0.344. The van der Waals surface area contributed by atoms with Gasteiger partial charge in [-0.15, -0.1) is 0 Å². The Morgan fingerprint density at radius 3 is 2.44 bits per heavy atom. The largest absolute Gasteiger partial charge is 0.445 e. The Morgan fingerprint density at radius 2 is 1.76 bits per heavy atom. The molecule has 0 aliphatic carbocycles. The highest BCUT2D eigenvalue weighted by Crippen LogP contribution is 2.30. The minimum Gasteiger partial charge on any atom is -0.445 e. The van der Waals surface area contributed by atoms with Crippen LogP contribution in [0, 0.1) is 11.7 Å². The summed E-state index contributed by atoms with van der Waals surface area (Å²) in [6.45, 7) is 1.44. The first-order valence-electron chi connectivity index (χ1n) is 8.61. The third-order valence-electron chi connectivity index (χ3n) is 4.78. The molecular weight excluding hydrogens is 319 g/mol. The summed E-state index contributed by atoms with van der Waals surface area (Å²) < 4.78 is 19.3. The fraction of sp³-hybridized carbons (Fsp3) is 0.350. The van der Waals surface area contributed by atoms with Crippen LogP contribution in [0.3, 0.4) is 0 Å². The number of ether oxygens (including phenoxy) is 1. The molecule has 0 bridgehead atoms. The van der Waals surface area contributed by atoms with E-state index in [-0.39, 0.29) is 30.5 Å². The van der Waals surface area contributed by atoms with Gasteiger partial charge in [0.25, 0.3) is 0 Å². The van der Waals surface area contributed by atoms with Gasteiger partial charge in [-0.05, 0) is 30.4 Å². The Bertz CT molecular complexity index is 700. The number of benzene rings is 2. The molecule has 1 aliphatic rings. The number of amides is 1. The van der Waals surface area contributed by atoms with Gasteiger partial charge in [0.05, 0.1) is 0 Å². The lowest BCUT2D eigenvalue weighted by atomic mass is 9.86. The first kappa shape index (κ1) is 17.4. The van der Waals surface area contributed by atoms with E-state index >= 15 is 0 Å². The summed E-state index contributed by atoms with van der Waals surface area (Å²) in [6.07, 6.45) is 1.19. The molecule has 1 atom stereocenters. The zero-order chi connectivity index (χ0) is 17.6. The van der Waals surface area contributed by atoms with E-state index < -0.39 is 0 Å². The molecule has 3 rings (SSSR count). The second-order valence-corrected chi connectivity index (χ2v) is 6.41. The van der Waals surface area contributed by atoms with Crippen LogP contribution < -0.4 is 5.73 Å². The number of piperidine rings is 1. The fourth-order valence-electron chi connectivity index (χ4n) is 3.25. The molecular formula is C20H23FN2O2. The van der Waals surface area contributed by atoms with Crippen LogP contribution in [0.15, 0.2) is 54.6 Å².